The summed E-state index contributed by atoms with van der Waals surface area (Å²) >= 11 is 0. The van der Waals surface area contributed by atoms with E-state index in [-0.39, 0.29) is 35.5 Å². The van der Waals surface area contributed by atoms with Crippen LogP contribution in [0.5, 0.6) is 0 Å². The second-order valence-corrected chi connectivity index (χ2v) is 51.4. The predicted octanol–water partition coefficient (Wildman–Crippen LogP) is 15.1. The molecule has 0 saturated carbocycles. The van der Waals surface area contributed by atoms with E-state index < -0.39 is 0 Å². The van der Waals surface area contributed by atoms with E-state index in [1.807, 2.05) is 0 Å². The second-order valence-electron chi connectivity index (χ2n) is 51.4. The first-order chi connectivity index (χ1) is 65.7. The summed E-state index contributed by atoms with van der Waals surface area (Å²) in [5, 5.41) is 0. The lowest BCUT2D eigenvalue weighted by Crippen LogP contribution is -2.82. The van der Waals surface area contributed by atoms with Gasteiger partial charge in [0.2, 0.25) is 0 Å². The van der Waals surface area contributed by atoms with E-state index >= 15 is 0 Å². The van der Waals surface area contributed by atoms with Crippen LogP contribution in [0.15, 0.2) is 0 Å². The summed E-state index contributed by atoms with van der Waals surface area (Å²) < 4.78 is 15.4. The number of hydrogen-bond donors (Lipinski definition) is 0. The third-order valence-corrected chi connectivity index (χ3v) is 46.8. The van der Waals surface area contributed by atoms with Crippen LogP contribution < -0.4 is 0 Å². The van der Waals surface area contributed by atoms with Crippen molar-refractivity contribution in [2.75, 3.05) is 320 Å². The molecule has 138 heavy (non-hydrogen) atoms. The number of fused-ring (bicyclic) bond motifs is 6. The Morgan fingerprint density at radius 2 is 0.572 bits per heavy atom. The van der Waals surface area contributed by atoms with Crippen LogP contribution in [-0.4, -0.2) is 541 Å². The van der Waals surface area contributed by atoms with E-state index in [0.29, 0.717) is 24.2 Å². The molecule has 18 aliphatic rings. The smallest absolute Gasteiger partial charge is 0.244 e. The van der Waals surface area contributed by atoms with Crippen LogP contribution in [0.3, 0.4) is 0 Å². The van der Waals surface area contributed by atoms with E-state index in [4.69, 9.17) is 0 Å². The van der Waals surface area contributed by atoms with Gasteiger partial charge in [-0.1, -0.05) is 123 Å². The van der Waals surface area contributed by atoms with Gasteiger partial charge in [0.05, 0.1) is 236 Å². The number of quaternary nitrogens is 12. The number of nitrogens with zero attached hydrogens (tertiary/aromatic N) is 24. The van der Waals surface area contributed by atoms with Crippen molar-refractivity contribution in [3.63, 3.8) is 0 Å². The first-order valence-corrected chi connectivity index (χ1v) is 60.8. The van der Waals surface area contributed by atoms with Gasteiger partial charge in [0, 0.05) is 171 Å². The van der Waals surface area contributed by atoms with Gasteiger partial charge in [-0.15, -0.1) is 0 Å². The van der Waals surface area contributed by atoms with E-state index in [2.05, 4.69) is 310 Å². The number of hydrogen-bond acceptors (Lipinski definition) is 12. The zero-order valence-electron chi connectivity index (χ0n) is 99.1. The van der Waals surface area contributed by atoms with Gasteiger partial charge in [0.1, 0.15) is 75.5 Å². The molecule has 0 N–H and O–H groups in total. The molecule has 12 spiro atoms. The molecule has 0 radical (unpaired) electrons. The van der Waals surface area contributed by atoms with Gasteiger partial charge in [-0.05, 0) is 108 Å². The predicted molar refractivity (Wildman–Crippen MR) is 580 cm³/mol. The summed E-state index contributed by atoms with van der Waals surface area (Å²) in [5.74, 6) is 1.08. The van der Waals surface area contributed by atoms with Crippen molar-refractivity contribution in [2.24, 2.45) is 0 Å². The van der Waals surface area contributed by atoms with Crippen LogP contribution in [0, 0.1) is 0 Å². The van der Waals surface area contributed by atoms with Crippen molar-refractivity contribution in [2.45, 2.75) is 428 Å². The van der Waals surface area contributed by atoms with Crippen LogP contribution in [0.2, 0.25) is 0 Å². The van der Waals surface area contributed by atoms with Gasteiger partial charge in [0.15, 0.2) is 0 Å². The fraction of sp³-hybridized carbons (Fsp3) is 1.00. The fourth-order valence-corrected chi connectivity index (χ4v) is 41.5. The molecule has 0 bridgehead atoms. The molecule has 0 aromatic rings. The van der Waals surface area contributed by atoms with Gasteiger partial charge in [-0.3, -0.25) is 0 Å². The first kappa shape index (κ1) is 114. The molecule has 18 rings (SSSR count). The number of rotatable bonds is 24. The molecule has 0 amide bonds. The van der Waals surface area contributed by atoms with E-state index in [1.54, 1.807) is 0 Å². The molecule has 0 aromatic heterocycles. The molecule has 24 heteroatoms. The van der Waals surface area contributed by atoms with Crippen LogP contribution in [0.4, 0.5) is 0 Å². The summed E-state index contributed by atoms with van der Waals surface area (Å²) in [6.07, 6.45) is 33.2. The average Bonchev–Trinajstić information content (AvgIpc) is 1.05. The second kappa shape index (κ2) is 43.4. The SMILES string of the molecule is CC1C[N+]2(CCCC2)C2(N(C)CC(C)[N+]23CCCC3)N1C.CCC1C[N+]2(CCCC2)C2(N(C)CC(CC)[N+]23CCCC3)N1C.CCC1C[N@@+](C)(CC)C2(N(CC)CC(CC)[N@@+]2(C)CC)N1CC.CCCC1C[N+]2(CCCC2)C2(N(C)CC(CCC)[N+]23CCCC3)N1C.CCCC1C[N@@+](C)(CC)C2(N(CC)CC(CCC)[N@@+]2(C)CC)N1CC.CCN1CC(C)[N@@+](C)(CC)C12N(CC)C(C)C[N@@+]2(C)CC. The normalized spacial score (nSPS) is 44.1. The molecule has 804 valence electrons. The van der Waals surface area contributed by atoms with Crippen molar-refractivity contribution >= 4 is 0 Å². The summed E-state index contributed by atoms with van der Waals surface area (Å²) in [5.41, 5.74) is 0. The summed E-state index contributed by atoms with van der Waals surface area (Å²) in [6, 6.07) is 9.03. The molecule has 18 fully saturated rings. The molecular weight excluding hydrogens is 1710 g/mol. The van der Waals surface area contributed by atoms with E-state index in [1.165, 1.54) is 402 Å². The Morgan fingerprint density at radius 3 is 0.986 bits per heavy atom. The Morgan fingerprint density at radius 1 is 0.239 bits per heavy atom. The van der Waals surface area contributed by atoms with Crippen molar-refractivity contribution in [3.05, 3.63) is 0 Å². The molecule has 24 nitrogen and oxygen atoms in total. The van der Waals surface area contributed by atoms with Crippen LogP contribution in [0.25, 0.3) is 0 Å². The minimum Gasteiger partial charge on any atom is -0.244 e. The lowest BCUT2D eigenvalue weighted by atomic mass is 10.1. The molecule has 0 aromatic carbocycles. The third kappa shape index (κ3) is 15.4. The summed E-state index contributed by atoms with van der Waals surface area (Å²) in [4.78, 5) is 34.2. The maximum atomic E-state index is 2.93. The molecule has 24 atom stereocenters. The largest absolute Gasteiger partial charge is 0.356 e. The Hall–Kier alpha value is -0.960. The van der Waals surface area contributed by atoms with E-state index in [0.717, 1.165) is 90.0 Å². The molecule has 18 saturated heterocycles. The minimum absolute atomic E-state index is 0.117. The number of likely N-dealkylation sites (N-methyl/N-ethyl adjacent to an activating group) is 18. The minimum atomic E-state index is 0.117. The molecule has 18 unspecified atom stereocenters. The first-order valence-electron chi connectivity index (χ1n) is 60.8. The van der Waals surface area contributed by atoms with Crippen LogP contribution in [-0.2, 0) is 0 Å². The molecule has 0 aliphatic carbocycles. The summed E-state index contributed by atoms with van der Waals surface area (Å²) in [7, 11) is 30.0. The van der Waals surface area contributed by atoms with Gasteiger partial charge in [-0.25, -0.2) is 53.8 Å². The standard InChI is InChI=1S/C21H42N4.C21H46N4.C19H38N4.C19H42N4.C17H34N4.C17H38N4/c1-5-11-19-18-24(13-7-8-14-24)21(23(19)4)22(3)17-20(12-6-2)25(21)15-9-10-16-25;1-9-15-19-18-24(7,13-5)21(23(19)12-4)22(11-3)17-20(16-10-2)25(21,8)14-6;1-5-17-16-22(11-7-8-12-22)19(21(17)4)20(3)15-18(6-2)23(19)13-9-10-14-23;1-9-17-16-22(7,13-5)19(21(17)12-4)20(11-3)15-18(10-2)23(19,8)14-6;1-15-14-20(9-5-6-10-20)17(19(15)4)18(3)13-16(2)21(17)11-7-8-12-21;1-9-18-13-16(6)21(8,12-4)17(18)19(10-2)15(5)14-20(17,7)11-3/h19-20H,5-18H2,1-4H3;19-20H,9-18H2,1-8H3;17-18H,5-16H2,1-4H3;17-18H,9-16H2,1-8H3;15-16H,5-14H2,1-4H3;15-16H,9-14H2,1-8H3/q6*+2/t;19?,20?,21?,24-,25-;;17?,18?,19?,22-,23-;;15?,16?,17?,20-,21-/m.1.1.1/s1. The van der Waals surface area contributed by atoms with Crippen molar-refractivity contribution < 1.29 is 53.8 Å². The van der Waals surface area contributed by atoms with Gasteiger partial charge in [-0.2, -0.15) is 58.8 Å². The highest BCUT2D eigenvalue weighted by atomic mass is 15.9. The Kier molecular flexibility index (Phi) is 35.9. The average molecular weight is 1950 g/mol. The highest BCUT2D eigenvalue weighted by Crippen LogP contribution is 2.62. The van der Waals surface area contributed by atoms with Crippen molar-refractivity contribution in [3.8, 4) is 0 Å². The topological polar surface area (TPSA) is 38.9 Å². The van der Waals surface area contributed by atoms with Crippen LogP contribution >= 0.6 is 0 Å². The molecule has 18 aliphatic heterocycles. The lowest BCUT2D eigenvalue weighted by Gasteiger charge is -2.56. The lowest BCUT2D eigenvalue weighted by molar-refractivity contribution is -1.17. The van der Waals surface area contributed by atoms with Gasteiger partial charge < -0.3 is 0 Å². The quantitative estimate of drug-likeness (QED) is 0.0865. The molecule has 18 heterocycles. The monoisotopic (exact) mass is 1950 g/mol. The van der Waals surface area contributed by atoms with Crippen molar-refractivity contribution in [1.29, 1.82) is 0 Å². The highest BCUT2D eigenvalue weighted by Gasteiger charge is 2.87. The third-order valence-electron chi connectivity index (χ3n) is 46.8. The Balaban J connectivity index is 0.000000140. The zero-order valence-corrected chi connectivity index (χ0v) is 99.1. The van der Waals surface area contributed by atoms with E-state index in [9.17, 15) is 0 Å². The maximum Gasteiger partial charge on any atom is 0.356 e. The van der Waals surface area contributed by atoms with Crippen LogP contribution in [0.1, 0.15) is 320 Å². The van der Waals surface area contributed by atoms with Gasteiger partial charge >= 0.3 is 35.5 Å². The van der Waals surface area contributed by atoms with Crippen molar-refractivity contribution in [1.82, 2.24) is 58.8 Å². The highest BCUT2D eigenvalue weighted by molar-refractivity contribution is 5.02. The maximum absolute atomic E-state index is 2.93. The Labute approximate surface area is 856 Å². The zero-order chi connectivity index (χ0) is 101. The molecular formula is C114H240N24+12. The summed E-state index contributed by atoms with van der Waals surface area (Å²) in [6.45, 7) is 105. The van der Waals surface area contributed by atoms with Gasteiger partial charge in [0.25, 0.3) is 0 Å². The Bertz CT molecular complexity index is 3840. The fourth-order valence-electron chi connectivity index (χ4n) is 41.5.